The first kappa shape index (κ1) is 13.3. The van der Waals surface area contributed by atoms with E-state index < -0.39 is 0 Å². The minimum Gasteiger partial charge on any atom is -0.496 e. The number of rotatable bonds is 2. The Morgan fingerprint density at radius 2 is 2.12 bits per heavy atom. The van der Waals surface area contributed by atoms with Gasteiger partial charge >= 0.3 is 0 Å². The zero-order valence-corrected chi connectivity index (χ0v) is 10.9. The molecule has 0 fully saturated rings. The minimum absolute atomic E-state index is 0. The van der Waals surface area contributed by atoms with Crippen LogP contribution in [0.5, 0.6) is 5.75 Å². The van der Waals surface area contributed by atoms with Crippen molar-refractivity contribution in [3.05, 3.63) is 29.3 Å². The van der Waals surface area contributed by atoms with Crippen molar-refractivity contribution in [1.82, 2.24) is 5.32 Å². The summed E-state index contributed by atoms with van der Waals surface area (Å²) in [5, 5.41) is 3.57. The maximum Gasteiger partial charge on any atom is 0.123 e. The van der Waals surface area contributed by atoms with Crippen molar-refractivity contribution >= 4 is 12.4 Å². The average molecular weight is 242 g/mol. The normalized spacial score (nSPS) is 18.9. The first-order valence-corrected chi connectivity index (χ1v) is 5.63. The molecule has 0 radical (unpaired) electrons. The van der Waals surface area contributed by atoms with Gasteiger partial charge in [-0.2, -0.15) is 0 Å². The van der Waals surface area contributed by atoms with Gasteiger partial charge in [0.1, 0.15) is 5.75 Å². The number of halogens is 1. The SMILES string of the molecule is COc1cccc2c1C(C(C)C)NCC2.Cl. The molecule has 2 nitrogen and oxygen atoms in total. The second kappa shape index (κ2) is 5.55. The monoisotopic (exact) mass is 241 g/mol. The lowest BCUT2D eigenvalue weighted by Crippen LogP contribution is -2.33. The van der Waals surface area contributed by atoms with Crippen molar-refractivity contribution in [2.45, 2.75) is 26.3 Å². The van der Waals surface area contributed by atoms with Gasteiger partial charge < -0.3 is 10.1 Å². The van der Waals surface area contributed by atoms with E-state index in [9.17, 15) is 0 Å². The number of hydrogen-bond donors (Lipinski definition) is 1. The third-order valence-electron chi connectivity index (χ3n) is 3.11. The van der Waals surface area contributed by atoms with E-state index in [4.69, 9.17) is 4.74 Å². The standard InChI is InChI=1S/C13H19NO.ClH/c1-9(2)13-12-10(7-8-14-13)5-4-6-11(12)15-3;/h4-6,9,13-14H,7-8H2,1-3H3;1H. The Morgan fingerprint density at radius 1 is 1.38 bits per heavy atom. The minimum atomic E-state index is 0. The average Bonchev–Trinajstić information content (AvgIpc) is 2.27. The second-order valence-corrected chi connectivity index (χ2v) is 4.46. The van der Waals surface area contributed by atoms with Crippen LogP contribution in [0.25, 0.3) is 0 Å². The molecular weight excluding hydrogens is 222 g/mol. The van der Waals surface area contributed by atoms with Crippen molar-refractivity contribution in [3.63, 3.8) is 0 Å². The Balaban J connectivity index is 0.00000128. The van der Waals surface area contributed by atoms with E-state index in [1.54, 1.807) is 7.11 Å². The molecule has 0 aromatic heterocycles. The molecule has 16 heavy (non-hydrogen) atoms. The highest BCUT2D eigenvalue weighted by molar-refractivity contribution is 5.85. The maximum absolute atomic E-state index is 5.45. The second-order valence-electron chi connectivity index (χ2n) is 4.46. The zero-order valence-electron chi connectivity index (χ0n) is 10.1. The lowest BCUT2D eigenvalue weighted by molar-refractivity contribution is 0.357. The van der Waals surface area contributed by atoms with Crippen LogP contribution in [0.15, 0.2) is 18.2 Å². The Hall–Kier alpha value is -0.730. The van der Waals surface area contributed by atoms with E-state index in [0.717, 1.165) is 18.7 Å². The highest BCUT2D eigenvalue weighted by Gasteiger charge is 2.25. The molecule has 90 valence electrons. The van der Waals surface area contributed by atoms with Crippen molar-refractivity contribution in [2.75, 3.05) is 13.7 Å². The topological polar surface area (TPSA) is 21.3 Å². The van der Waals surface area contributed by atoms with Gasteiger partial charge in [-0.15, -0.1) is 12.4 Å². The first-order chi connectivity index (χ1) is 7.24. The van der Waals surface area contributed by atoms with Crippen molar-refractivity contribution < 1.29 is 4.74 Å². The summed E-state index contributed by atoms with van der Waals surface area (Å²) >= 11 is 0. The van der Waals surface area contributed by atoms with Crippen molar-refractivity contribution in [2.24, 2.45) is 5.92 Å². The molecule has 1 heterocycles. The largest absolute Gasteiger partial charge is 0.496 e. The fourth-order valence-electron chi connectivity index (χ4n) is 2.37. The molecule has 1 aromatic rings. The van der Waals surface area contributed by atoms with Crippen LogP contribution in [0.1, 0.15) is 31.0 Å². The zero-order chi connectivity index (χ0) is 10.8. The van der Waals surface area contributed by atoms with Gasteiger partial charge in [0.05, 0.1) is 7.11 Å². The fraction of sp³-hybridized carbons (Fsp3) is 0.538. The molecule has 1 atom stereocenters. The molecule has 1 aliphatic rings. The van der Waals surface area contributed by atoms with Crippen molar-refractivity contribution in [1.29, 1.82) is 0 Å². The quantitative estimate of drug-likeness (QED) is 0.860. The van der Waals surface area contributed by atoms with Crippen LogP contribution in [0.2, 0.25) is 0 Å². The van der Waals surface area contributed by atoms with Gasteiger partial charge in [-0.05, 0) is 30.5 Å². The summed E-state index contributed by atoms with van der Waals surface area (Å²) in [4.78, 5) is 0. The van der Waals surface area contributed by atoms with Crippen LogP contribution in [-0.4, -0.2) is 13.7 Å². The molecule has 0 saturated heterocycles. The summed E-state index contributed by atoms with van der Waals surface area (Å²) in [5.41, 5.74) is 2.80. The van der Waals surface area contributed by atoms with Gasteiger partial charge in [-0.1, -0.05) is 26.0 Å². The third-order valence-corrected chi connectivity index (χ3v) is 3.11. The molecule has 0 spiro atoms. The number of ether oxygens (including phenoxy) is 1. The Morgan fingerprint density at radius 3 is 2.75 bits per heavy atom. The molecule has 1 N–H and O–H groups in total. The van der Waals surface area contributed by atoms with Gasteiger partial charge in [0.2, 0.25) is 0 Å². The molecule has 1 aliphatic heterocycles. The van der Waals surface area contributed by atoms with E-state index in [1.807, 2.05) is 0 Å². The van der Waals surface area contributed by atoms with E-state index in [1.165, 1.54) is 11.1 Å². The molecule has 0 bridgehead atoms. The lowest BCUT2D eigenvalue weighted by Gasteiger charge is -2.31. The van der Waals surface area contributed by atoms with Crippen LogP contribution in [0.3, 0.4) is 0 Å². The van der Waals surface area contributed by atoms with Gasteiger partial charge in [0, 0.05) is 11.6 Å². The van der Waals surface area contributed by atoms with E-state index in [2.05, 4.69) is 37.4 Å². The Kier molecular flexibility index (Phi) is 4.63. The molecule has 1 aromatic carbocycles. The maximum atomic E-state index is 5.45. The van der Waals surface area contributed by atoms with Crippen LogP contribution in [0, 0.1) is 5.92 Å². The molecule has 1 unspecified atom stereocenters. The number of fused-ring (bicyclic) bond motifs is 1. The Bertz CT molecular complexity index is 338. The summed E-state index contributed by atoms with van der Waals surface area (Å²) in [6, 6.07) is 6.79. The molecule has 2 rings (SSSR count). The number of benzene rings is 1. The van der Waals surface area contributed by atoms with E-state index >= 15 is 0 Å². The number of methoxy groups -OCH3 is 1. The van der Waals surface area contributed by atoms with Gasteiger partial charge in [0.25, 0.3) is 0 Å². The third kappa shape index (κ3) is 2.33. The van der Waals surface area contributed by atoms with Gasteiger partial charge in [-0.25, -0.2) is 0 Å². The fourth-order valence-corrected chi connectivity index (χ4v) is 2.37. The molecule has 0 amide bonds. The molecule has 0 aliphatic carbocycles. The van der Waals surface area contributed by atoms with E-state index in [0.29, 0.717) is 12.0 Å². The smallest absolute Gasteiger partial charge is 0.123 e. The number of hydrogen-bond acceptors (Lipinski definition) is 2. The van der Waals surface area contributed by atoms with E-state index in [-0.39, 0.29) is 12.4 Å². The van der Waals surface area contributed by atoms with Crippen LogP contribution in [0.4, 0.5) is 0 Å². The predicted octanol–water partition coefficient (Wildman–Crippen LogP) is 2.96. The summed E-state index contributed by atoms with van der Waals surface area (Å²) in [7, 11) is 1.75. The van der Waals surface area contributed by atoms with Crippen LogP contribution >= 0.6 is 12.4 Å². The molecular formula is C13H20ClNO. The summed E-state index contributed by atoms with van der Waals surface area (Å²) in [5.74, 6) is 1.62. The lowest BCUT2D eigenvalue weighted by atomic mass is 9.87. The first-order valence-electron chi connectivity index (χ1n) is 5.63. The number of nitrogens with one attached hydrogen (secondary N) is 1. The van der Waals surface area contributed by atoms with Gasteiger partial charge in [0.15, 0.2) is 0 Å². The van der Waals surface area contributed by atoms with Crippen LogP contribution < -0.4 is 10.1 Å². The Labute approximate surface area is 104 Å². The highest BCUT2D eigenvalue weighted by atomic mass is 35.5. The molecule has 3 heteroatoms. The van der Waals surface area contributed by atoms with Gasteiger partial charge in [-0.3, -0.25) is 0 Å². The van der Waals surface area contributed by atoms with Crippen LogP contribution in [-0.2, 0) is 6.42 Å². The molecule has 0 saturated carbocycles. The predicted molar refractivity (Wildman–Crippen MR) is 69.5 cm³/mol. The van der Waals surface area contributed by atoms with Crippen molar-refractivity contribution in [3.8, 4) is 5.75 Å². The summed E-state index contributed by atoms with van der Waals surface area (Å²) in [6.07, 6.45) is 1.11. The summed E-state index contributed by atoms with van der Waals surface area (Å²) in [6.45, 7) is 5.57. The highest BCUT2D eigenvalue weighted by Crippen LogP contribution is 2.35. The summed E-state index contributed by atoms with van der Waals surface area (Å²) < 4.78 is 5.45.